The van der Waals surface area contributed by atoms with Crippen LogP contribution in [0.15, 0.2) is 30.3 Å². The molecule has 0 saturated carbocycles. The van der Waals surface area contributed by atoms with Crippen LogP contribution in [-0.4, -0.2) is 53.3 Å². The summed E-state index contributed by atoms with van der Waals surface area (Å²) < 4.78 is 14.4. The van der Waals surface area contributed by atoms with Crippen LogP contribution in [0.4, 0.5) is 0 Å². The summed E-state index contributed by atoms with van der Waals surface area (Å²) >= 11 is 0. The van der Waals surface area contributed by atoms with E-state index >= 15 is 0 Å². The second-order valence-electron chi connectivity index (χ2n) is 5.33. The van der Waals surface area contributed by atoms with Gasteiger partial charge in [0.25, 0.3) is 0 Å². The van der Waals surface area contributed by atoms with E-state index in [4.69, 9.17) is 4.52 Å². The van der Waals surface area contributed by atoms with E-state index in [1.807, 2.05) is 6.07 Å². The highest BCUT2D eigenvalue weighted by Gasteiger charge is 2.57. The Bertz CT molecular complexity index is 386. The van der Waals surface area contributed by atoms with Crippen LogP contribution >= 0.6 is 7.94 Å². The molecule has 0 aromatic heterocycles. The van der Waals surface area contributed by atoms with Crippen LogP contribution in [0, 0.1) is 0 Å². The van der Waals surface area contributed by atoms with Crippen molar-refractivity contribution < 1.29 is 4.52 Å². The molecule has 0 aliphatic rings. The Morgan fingerprint density at radius 2 is 1.00 bits per heavy atom. The van der Waals surface area contributed by atoms with E-state index in [1.54, 1.807) is 0 Å². The van der Waals surface area contributed by atoms with Crippen molar-refractivity contribution in [3.8, 4) is 5.75 Å². The maximum atomic E-state index is 6.82. The maximum Gasteiger partial charge on any atom is 0.417 e. The highest BCUT2D eigenvalue weighted by Crippen LogP contribution is 2.67. The summed E-state index contributed by atoms with van der Waals surface area (Å²) in [6, 6.07) is 10.3. The Labute approximate surface area is 144 Å². The molecular formula is C18H35N3OP+. The molecule has 0 amide bonds. The average molecular weight is 340 g/mol. The van der Waals surface area contributed by atoms with Gasteiger partial charge in [-0.1, -0.05) is 18.2 Å². The van der Waals surface area contributed by atoms with Crippen LogP contribution in [0.5, 0.6) is 5.75 Å². The van der Waals surface area contributed by atoms with E-state index in [9.17, 15) is 0 Å². The summed E-state index contributed by atoms with van der Waals surface area (Å²) in [5, 5.41) is 0. The Kier molecular flexibility index (Phi) is 9.08. The number of benzene rings is 1. The smallest absolute Gasteiger partial charge is 0.292 e. The summed E-state index contributed by atoms with van der Waals surface area (Å²) in [5.41, 5.74) is 0. The molecule has 1 aromatic rings. The lowest BCUT2D eigenvalue weighted by Gasteiger charge is -2.43. The second-order valence-corrected chi connectivity index (χ2v) is 8.24. The van der Waals surface area contributed by atoms with Gasteiger partial charge >= 0.3 is 7.94 Å². The van der Waals surface area contributed by atoms with Gasteiger partial charge in [0, 0.05) is 39.3 Å². The number of nitrogens with zero attached hydrogens (tertiary/aromatic N) is 3. The van der Waals surface area contributed by atoms with Crippen LogP contribution in [-0.2, 0) is 0 Å². The molecule has 0 bridgehead atoms. The molecule has 0 atom stereocenters. The Morgan fingerprint density at radius 3 is 1.30 bits per heavy atom. The standard InChI is InChI=1S/C18H35N3OP/c1-7-19(8-2)23(20(9-3)10-4,21(11-5)12-6)22-18-16-14-13-15-17-18/h13-17H,7-12H2,1-6H3/q+1. The van der Waals surface area contributed by atoms with E-state index in [-0.39, 0.29) is 0 Å². The molecule has 0 spiro atoms. The molecule has 0 saturated heterocycles. The van der Waals surface area contributed by atoms with E-state index in [0.29, 0.717) is 0 Å². The van der Waals surface area contributed by atoms with Crippen molar-refractivity contribution in [1.82, 2.24) is 14.0 Å². The van der Waals surface area contributed by atoms with Gasteiger partial charge in [-0.2, -0.15) is 0 Å². The summed E-state index contributed by atoms with van der Waals surface area (Å²) in [4.78, 5) is 0. The van der Waals surface area contributed by atoms with Crippen molar-refractivity contribution in [1.29, 1.82) is 0 Å². The lowest BCUT2D eigenvalue weighted by molar-refractivity contribution is 0.262. The van der Waals surface area contributed by atoms with E-state index in [1.165, 1.54) is 0 Å². The summed E-state index contributed by atoms with van der Waals surface area (Å²) in [5.74, 6) is 0.964. The highest BCUT2D eigenvalue weighted by atomic mass is 31.2. The van der Waals surface area contributed by atoms with Crippen LogP contribution in [0.3, 0.4) is 0 Å². The maximum absolute atomic E-state index is 6.82. The molecule has 132 valence electrons. The van der Waals surface area contributed by atoms with Gasteiger partial charge in [0.2, 0.25) is 0 Å². The minimum atomic E-state index is -2.05. The highest BCUT2D eigenvalue weighted by molar-refractivity contribution is 7.64. The Balaban J connectivity index is 3.43. The number of hydrogen-bond donors (Lipinski definition) is 0. The summed E-state index contributed by atoms with van der Waals surface area (Å²) in [6.45, 7) is 19.4. The van der Waals surface area contributed by atoms with Gasteiger partial charge in [-0.15, -0.1) is 14.0 Å². The zero-order chi connectivity index (χ0) is 17.3. The normalized spacial score (nSPS) is 12.4. The predicted octanol–water partition coefficient (Wildman–Crippen LogP) is 4.77. The van der Waals surface area contributed by atoms with Crippen molar-refractivity contribution in [2.45, 2.75) is 41.5 Å². The molecule has 1 rings (SSSR count). The van der Waals surface area contributed by atoms with Gasteiger partial charge in [0.05, 0.1) is 0 Å². The first-order chi connectivity index (χ1) is 11.1. The monoisotopic (exact) mass is 340 g/mol. The second kappa shape index (κ2) is 10.2. The third kappa shape index (κ3) is 4.45. The lowest BCUT2D eigenvalue weighted by Crippen LogP contribution is -2.47. The number of rotatable bonds is 11. The van der Waals surface area contributed by atoms with Crippen molar-refractivity contribution >= 4 is 7.94 Å². The largest absolute Gasteiger partial charge is 0.417 e. The van der Waals surface area contributed by atoms with Gasteiger partial charge in [0.15, 0.2) is 5.75 Å². The molecule has 0 fully saturated rings. The molecule has 0 aliphatic heterocycles. The van der Waals surface area contributed by atoms with E-state index < -0.39 is 7.94 Å². The zero-order valence-corrected chi connectivity index (χ0v) is 16.7. The summed E-state index contributed by atoms with van der Waals surface area (Å²) in [7, 11) is -2.05. The minimum Gasteiger partial charge on any atom is -0.292 e. The number of hydrogen-bond acceptors (Lipinski definition) is 4. The quantitative estimate of drug-likeness (QED) is 0.540. The zero-order valence-electron chi connectivity index (χ0n) is 15.8. The fourth-order valence-electron chi connectivity index (χ4n) is 3.11. The third-order valence-electron chi connectivity index (χ3n) is 4.27. The van der Waals surface area contributed by atoms with Crippen LogP contribution in [0.2, 0.25) is 0 Å². The fourth-order valence-corrected chi connectivity index (χ4v) is 7.14. The van der Waals surface area contributed by atoms with Gasteiger partial charge in [-0.05, 0) is 53.7 Å². The molecule has 5 heteroatoms. The average Bonchev–Trinajstić information content (AvgIpc) is 2.59. The third-order valence-corrected chi connectivity index (χ3v) is 8.63. The first-order valence-electron chi connectivity index (χ1n) is 9.04. The van der Waals surface area contributed by atoms with Crippen molar-refractivity contribution in [2.24, 2.45) is 0 Å². The molecule has 0 radical (unpaired) electrons. The van der Waals surface area contributed by atoms with Crippen LogP contribution in [0.1, 0.15) is 41.5 Å². The van der Waals surface area contributed by atoms with Crippen molar-refractivity contribution in [3.05, 3.63) is 30.3 Å². The first-order valence-corrected chi connectivity index (χ1v) is 10.6. The molecule has 0 aliphatic carbocycles. The van der Waals surface area contributed by atoms with Crippen molar-refractivity contribution in [2.75, 3.05) is 39.3 Å². The fraction of sp³-hybridized carbons (Fsp3) is 0.667. The topological polar surface area (TPSA) is 19.0 Å². The van der Waals surface area contributed by atoms with Crippen LogP contribution in [0.25, 0.3) is 0 Å². The minimum absolute atomic E-state index is 0.964. The lowest BCUT2D eigenvalue weighted by atomic mass is 10.3. The van der Waals surface area contributed by atoms with Gasteiger partial charge in [-0.25, -0.2) is 0 Å². The molecular weight excluding hydrogens is 305 g/mol. The van der Waals surface area contributed by atoms with Gasteiger partial charge < -0.3 is 0 Å². The van der Waals surface area contributed by atoms with Gasteiger partial charge in [0.1, 0.15) is 0 Å². The first kappa shape index (κ1) is 20.4. The Hall–Kier alpha value is -0.670. The molecule has 1 aromatic carbocycles. The predicted molar refractivity (Wildman–Crippen MR) is 103 cm³/mol. The molecule has 0 unspecified atom stereocenters. The van der Waals surface area contributed by atoms with E-state index in [2.05, 4.69) is 79.8 Å². The SMILES string of the molecule is CCN(CC)[P+](Oc1ccccc1)(N(CC)CC)N(CC)CC. The molecule has 0 N–H and O–H groups in total. The Morgan fingerprint density at radius 1 is 0.652 bits per heavy atom. The van der Waals surface area contributed by atoms with Gasteiger partial charge in [-0.3, -0.25) is 4.52 Å². The van der Waals surface area contributed by atoms with Crippen LogP contribution < -0.4 is 4.52 Å². The molecule has 0 heterocycles. The van der Waals surface area contributed by atoms with E-state index in [0.717, 1.165) is 45.0 Å². The number of para-hydroxylation sites is 1. The summed E-state index contributed by atoms with van der Waals surface area (Å²) in [6.07, 6.45) is 0. The molecule has 4 nitrogen and oxygen atoms in total. The van der Waals surface area contributed by atoms with Crippen molar-refractivity contribution in [3.63, 3.8) is 0 Å². The molecule has 23 heavy (non-hydrogen) atoms.